The molecule has 0 aliphatic carbocycles. The van der Waals surface area contributed by atoms with Crippen molar-refractivity contribution in [2.45, 2.75) is 17.9 Å². The Hall–Kier alpha value is -2.47. The number of guanidine groups is 1. The van der Waals surface area contributed by atoms with Crippen LogP contribution in [0.5, 0.6) is 0 Å². The van der Waals surface area contributed by atoms with E-state index in [9.17, 15) is 12.8 Å². The summed E-state index contributed by atoms with van der Waals surface area (Å²) < 4.78 is 39.0. The van der Waals surface area contributed by atoms with Crippen molar-refractivity contribution in [1.82, 2.24) is 20.2 Å². The molecule has 3 rings (SSSR count). The molecule has 0 amide bonds. The quantitative estimate of drug-likeness (QED) is 0.265. The van der Waals surface area contributed by atoms with E-state index in [0.717, 1.165) is 11.1 Å². The molecule has 2 N–H and O–H groups in total. The normalized spacial score (nSPS) is 11.6. The van der Waals surface area contributed by atoms with Crippen molar-refractivity contribution in [3.63, 3.8) is 0 Å². The summed E-state index contributed by atoms with van der Waals surface area (Å²) in [6, 6.07) is 11.9. The van der Waals surface area contributed by atoms with Crippen LogP contribution in [0.2, 0.25) is 0 Å². The Morgan fingerprint density at radius 1 is 1.13 bits per heavy atom. The van der Waals surface area contributed by atoms with E-state index in [-0.39, 0.29) is 29.8 Å². The van der Waals surface area contributed by atoms with Gasteiger partial charge in [0.1, 0.15) is 5.82 Å². The molecule has 0 aliphatic rings. The van der Waals surface area contributed by atoms with Gasteiger partial charge >= 0.3 is 0 Å². The number of sulfone groups is 1. The minimum atomic E-state index is -3.19. The first-order valence-corrected chi connectivity index (χ1v) is 11.3. The summed E-state index contributed by atoms with van der Waals surface area (Å²) in [6.07, 6.45) is 6.74. The van der Waals surface area contributed by atoms with Gasteiger partial charge in [-0.05, 0) is 41.8 Å². The van der Waals surface area contributed by atoms with Gasteiger partial charge < -0.3 is 15.2 Å². The van der Waals surface area contributed by atoms with Crippen molar-refractivity contribution in [1.29, 1.82) is 0 Å². The molecule has 2 aromatic carbocycles. The van der Waals surface area contributed by atoms with Crippen LogP contribution in [-0.4, -0.2) is 43.8 Å². The molecule has 0 fully saturated rings. The number of nitrogens with one attached hydrogen (secondary N) is 2. The van der Waals surface area contributed by atoms with Crippen molar-refractivity contribution in [2.75, 3.05) is 19.8 Å². The molecular formula is C21H25FIN5O2S. The number of halogens is 2. The Bertz CT molecular complexity index is 1120. The Morgan fingerprint density at radius 2 is 1.84 bits per heavy atom. The predicted octanol–water partition coefficient (Wildman–Crippen LogP) is 2.94. The van der Waals surface area contributed by atoms with E-state index in [4.69, 9.17) is 0 Å². The van der Waals surface area contributed by atoms with E-state index in [1.807, 2.05) is 6.07 Å². The molecule has 0 radical (unpaired) electrons. The van der Waals surface area contributed by atoms with Crippen LogP contribution < -0.4 is 10.6 Å². The van der Waals surface area contributed by atoms with Gasteiger partial charge in [-0.2, -0.15) is 0 Å². The number of aromatic nitrogens is 2. The van der Waals surface area contributed by atoms with E-state index in [2.05, 4.69) is 20.6 Å². The van der Waals surface area contributed by atoms with Crippen LogP contribution in [0, 0.1) is 5.82 Å². The highest BCUT2D eigenvalue weighted by Gasteiger charge is 2.07. The third kappa shape index (κ3) is 7.03. The zero-order valence-electron chi connectivity index (χ0n) is 17.2. The van der Waals surface area contributed by atoms with Gasteiger partial charge in [-0.3, -0.25) is 4.99 Å². The predicted molar refractivity (Wildman–Crippen MR) is 130 cm³/mol. The number of nitrogens with zero attached hydrogens (tertiary/aromatic N) is 3. The highest BCUT2D eigenvalue weighted by molar-refractivity contribution is 14.0. The highest BCUT2D eigenvalue weighted by Crippen LogP contribution is 2.15. The first-order valence-electron chi connectivity index (χ1n) is 9.37. The fourth-order valence-corrected chi connectivity index (χ4v) is 3.54. The summed E-state index contributed by atoms with van der Waals surface area (Å²) in [5, 5.41) is 6.35. The lowest BCUT2D eigenvalue weighted by atomic mass is 10.1. The summed E-state index contributed by atoms with van der Waals surface area (Å²) in [5.41, 5.74) is 2.25. The van der Waals surface area contributed by atoms with E-state index >= 15 is 0 Å². The Kier molecular flexibility index (Phi) is 8.99. The van der Waals surface area contributed by atoms with E-state index in [0.29, 0.717) is 36.1 Å². The maximum atomic E-state index is 14.4. The topological polar surface area (TPSA) is 88.4 Å². The summed E-state index contributed by atoms with van der Waals surface area (Å²) in [5.74, 6) is 0.273. The fourth-order valence-electron chi connectivity index (χ4n) is 2.91. The smallest absolute Gasteiger partial charge is 0.191 e. The lowest BCUT2D eigenvalue weighted by Gasteiger charge is -2.13. The van der Waals surface area contributed by atoms with Gasteiger partial charge in [0, 0.05) is 38.8 Å². The lowest BCUT2D eigenvalue weighted by molar-refractivity contribution is 0.602. The van der Waals surface area contributed by atoms with Crippen LogP contribution in [0.4, 0.5) is 4.39 Å². The molecule has 166 valence electrons. The first-order chi connectivity index (χ1) is 14.4. The van der Waals surface area contributed by atoms with E-state index in [1.165, 1.54) is 12.3 Å². The number of imidazole rings is 1. The molecular weight excluding hydrogens is 532 g/mol. The zero-order valence-corrected chi connectivity index (χ0v) is 20.4. The minimum Gasteiger partial charge on any atom is -0.356 e. The fraction of sp³-hybridized carbons (Fsp3) is 0.238. The van der Waals surface area contributed by atoms with Crippen molar-refractivity contribution in [3.8, 4) is 5.69 Å². The Balaban J connectivity index is 0.00000341. The van der Waals surface area contributed by atoms with E-state index < -0.39 is 9.84 Å². The zero-order chi connectivity index (χ0) is 21.6. The van der Waals surface area contributed by atoms with Gasteiger partial charge in [0.15, 0.2) is 15.8 Å². The molecule has 7 nitrogen and oxygen atoms in total. The van der Waals surface area contributed by atoms with E-state index in [1.54, 1.807) is 60.7 Å². The average Bonchev–Trinajstić information content (AvgIpc) is 3.25. The van der Waals surface area contributed by atoms with Crippen molar-refractivity contribution >= 4 is 39.8 Å². The number of aliphatic imine (C=N–C) groups is 1. The Labute approximate surface area is 198 Å². The first kappa shape index (κ1) is 24.8. The Morgan fingerprint density at radius 3 is 2.42 bits per heavy atom. The molecule has 0 bridgehead atoms. The van der Waals surface area contributed by atoms with Crippen LogP contribution in [0.25, 0.3) is 5.69 Å². The maximum absolute atomic E-state index is 14.4. The van der Waals surface area contributed by atoms with Gasteiger partial charge in [0.2, 0.25) is 0 Å². The summed E-state index contributed by atoms with van der Waals surface area (Å²) in [6.45, 7) is 1.04. The molecule has 0 saturated heterocycles. The number of benzene rings is 2. The summed E-state index contributed by atoms with van der Waals surface area (Å²) >= 11 is 0. The molecule has 0 saturated carbocycles. The van der Waals surface area contributed by atoms with Crippen LogP contribution in [0.1, 0.15) is 11.1 Å². The monoisotopic (exact) mass is 557 g/mol. The number of hydrogen-bond acceptors (Lipinski definition) is 4. The van der Waals surface area contributed by atoms with Crippen molar-refractivity contribution in [2.24, 2.45) is 4.99 Å². The van der Waals surface area contributed by atoms with Crippen LogP contribution in [0.3, 0.4) is 0 Å². The van der Waals surface area contributed by atoms with Gasteiger partial charge in [0.25, 0.3) is 0 Å². The highest BCUT2D eigenvalue weighted by atomic mass is 127. The standard InChI is InChI=1S/C21H24FN5O2S.HI/c1-23-21(25-10-9-16-3-6-18(7-4-16)30(2,28)29)26-14-17-5-8-20(19(22)13-17)27-12-11-24-15-27;/h3-8,11-13,15H,9-10,14H2,1-2H3,(H2,23,25,26);1H. The second-order valence-electron chi connectivity index (χ2n) is 6.77. The summed E-state index contributed by atoms with van der Waals surface area (Å²) in [7, 11) is -1.52. The molecule has 1 heterocycles. The second-order valence-corrected chi connectivity index (χ2v) is 8.79. The van der Waals surface area contributed by atoms with Crippen LogP contribution in [0.15, 0.2) is 71.1 Å². The van der Waals surface area contributed by atoms with Crippen LogP contribution >= 0.6 is 24.0 Å². The van der Waals surface area contributed by atoms with Gasteiger partial charge in [-0.15, -0.1) is 24.0 Å². The SMILES string of the molecule is CN=C(NCCc1ccc(S(C)(=O)=O)cc1)NCc1ccc(-n2ccnc2)c(F)c1.I. The largest absolute Gasteiger partial charge is 0.356 e. The molecule has 3 aromatic rings. The molecule has 31 heavy (non-hydrogen) atoms. The van der Waals surface area contributed by atoms with Crippen LogP contribution in [-0.2, 0) is 22.8 Å². The summed E-state index contributed by atoms with van der Waals surface area (Å²) in [4.78, 5) is 8.41. The van der Waals surface area contributed by atoms with Crippen molar-refractivity contribution in [3.05, 3.63) is 78.1 Å². The maximum Gasteiger partial charge on any atom is 0.191 e. The lowest BCUT2D eigenvalue weighted by Crippen LogP contribution is -2.37. The van der Waals surface area contributed by atoms with Gasteiger partial charge in [0.05, 0.1) is 16.9 Å². The molecule has 1 aromatic heterocycles. The third-order valence-corrected chi connectivity index (χ3v) is 5.66. The number of rotatable bonds is 7. The molecule has 0 atom stereocenters. The molecule has 10 heteroatoms. The average molecular weight is 557 g/mol. The molecule has 0 spiro atoms. The van der Waals surface area contributed by atoms with Gasteiger partial charge in [-0.1, -0.05) is 18.2 Å². The van der Waals surface area contributed by atoms with Gasteiger partial charge in [-0.25, -0.2) is 17.8 Å². The number of hydrogen-bond donors (Lipinski definition) is 2. The second kappa shape index (κ2) is 11.2. The minimum absolute atomic E-state index is 0. The van der Waals surface area contributed by atoms with Crippen molar-refractivity contribution < 1.29 is 12.8 Å². The third-order valence-electron chi connectivity index (χ3n) is 4.54. The molecule has 0 unspecified atom stereocenters. The molecule has 0 aliphatic heterocycles.